The van der Waals surface area contributed by atoms with Crippen molar-refractivity contribution in [2.24, 2.45) is 0 Å². The predicted octanol–water partition coefficient (Wildman–Crippen LogP) is 4.65. The van der Waals surface area contributed by atoms with E-state index in [1.165, 1.54) is 37.7 Å². The van der Waals surface area contributed by atoms with Gasteiger partial charge in [-0.25, -0.2) is 0 Å². The van der Waals surface area contributed by atoms with Crippen LogP contribution in [0.4, 0.5) is 0 Å². The van der Waals surface area contributed by atoms with Crippen molar-refractivity contribution in [3.8, 4) is 0 Å². The van der Waals surface area contributed by atoms with E-state index in [1.807, 2.05) is 12.1 Å². The third-order valence-electron chi connectivity index (χ3n) is 5.63. The molecule has 1 N–H and O–H groups in total. The van der Waals surface area contributed by atoms with Crippen LogP contribution < -0.4 is 0 Å². The highest BCUT2D eigenvalue weighted by Gasteiger charge is 2.45. The van der Waals surface area contributed by atoms with E-state index in [2.05, 4.69) is 11.0 Å². The van der Waals surface area contributed by atoms with Crippen molar-refractivity contribution in [1.82, 2.24) is 4.90 Å². The van der Waals surface area contributed by atoms with E-state index >= 15 is 0 Å². The van der Waals surface area contributed by atoms with Crippen LogP contribution in [0, 0.1) is 0 Å². The summed E-state index contributed by atoms with van der Waals surface area (Å²) in [5, 5.41) is 11.4. The van der Waals surface area contributed by atoms with Crippen LogP contribution in [0.15, 0.2) is 18.2 Å². The molecule has 1 atom stereocenters. The summed E-state index contributed by atoms with van der Waals surface area (Å²) in [7, 11) is 0. The van der Waals surface area contributed by atoms with Crippen LogP contribution in [0.25, 0.3) is 0 Å². The van der Waals surface area contributed by atoms with E-state index in [4.69, 9.17) is 23.2 Å². The summed E-state index contributed by atoms with van der Waals surface area (Å²) < 4.78 is 0. The molecule has 1 heterocycles. The van der Waals surface area contributed by atoms with Gasteiger partial charge in [-0.1, -0.05) is 48.5 Å². The molecule has 1 saturated heterocycles. The van der Waals surface area contributed by atoms with Gasteiger partial charge in [0, 0.05) is 11.5 Å². The number of aliphatic hydroxyl groups excluding tert-OH is 1. The van der Waals surface area contributed by atoms with Gasteiger partial charge in [-0.2, -0.15) is 0 Å². The Hall–Kier alpha value is -0.280. The Morgan fingerprint density at radius 1 is 1.00 bits per heavy atom. The summed E-state index contributed by atoms with van der Waals surface area (Å²) in [6, 6.07) is 6.25. The molecule has 4 heteroatoms. The third-order valence-corrected chi connectivity index (χ3v) is 6.37. The maximum absolute atomic E-state index is 10.2. The summed E-state index contributed by atoms with van der Waals surface area (Å²) in [5.74, 6) is 0. The Balaban J connectivity index is 1.96. The van der Waals surface area contributed by atoms with Crippen molar-refractivity contribution in [3.63, 3.8) is 0 Å². The number of hydrogen-bond donors (Lipinski definition) is 1. The van der Waals surface area contributed by atoms with E-state index in [1.54, 1.807) is 0 Å². The topological polar surface area (TPSA) is 23.5 Å². The second kappa shape index (κ2) is 7.09. The van der Waals surface area contributed by atoms with Crippen molar-refractivity contribution >= 4 is 23.2 Å². The maximum Gasteiger partial charge on any atom is 0.0595 e. The molecule has 1 aliphatic heterocycles. The lowest BCUT2D eigenvalue weighted by Crippen LogP contribution is -2.53. The molecule has 0 spiro atoms. The van der Waals surface area contributed by atoms with E-state index in [-0.39, 0.29) is 18.1 Å². The molecule has 22 heavy (non-hydrogen) atoms. The van der Waals surface area contributed by atoms with Crippen molar-refractivity contribution in [2.75, 3.05) is 19.7 Å². The van der Waals surface area contributed by atoms with Gasteiger partial charge in [0.25, 0.3) is 0 Å². The van der Waals surface area contributed by atoms with E-state index in [9.17, 15) is 5.11 Å². The first kappa shape index (κ1) is 16.6. The number of halogens is 2. The van der Waals surface area contributed by atoms with Crippen molar-refractivity contribution in [1.29, 1.82) is 0 Å². The van der Waals surface area contributed by atoms with Crippen molar-refractivity contribution < 1.29 is 5.11 Å². The number of benzene rings is 1. The van der Waals surface area contributed by atoms with Crippen molar-refractivity contribution in [3.05, 3.63) is 33.8 Å². The highest BCUT2D eigenvalue weighted by molar-refractivity contribution is 6.42. The van der Waals surface area contributed by atoms with Crippen LogP contribution in [0.1, 0.15) is 50.5 Å². The van der Waals surface area contributed by atoms with Gasteiger partial charge in [-0.15, -0.1) is 0 Å². The Kier molecular flexibility index (Phi) is 5.34. The largest absolute Gasteiger partial charge is 0.395 e. The summed E-state index contributed by atoms with van der Waals surface area (Å²) in [6.45, 7) is 2.43. The van der Waals surface area contributed by atoms with Crippen LogP contribution in [0.2, 0.25) is 10.0 Å². The number of hydrogen-bond acceptors (Lipinski definition) is 2. The maximum atomic E-state index is 10.2. The standard InChI is InChI=1S/C18H25Cl2NO/c19-15-7-6-14(12-16(15)20)18(8-2-3-9-18)17(13-22)21-10-4-1-5-11-21/h6-7,12,17,22H,1-5,8-11,13H2. The second-order valence-corrected chi connectivity index (χ2v) is 7.60. The van der Waals surface area contributed by atoms with Gasteiger partial charge >= 0.3 is 0 Å². The zero-order valence-corrected chi connectivity index (χ0v) is 14.5. The fraction of sp³-hybridized carbons (Fsp3) is 0.667. The minimum Gasteiger partial charge on any atom is -0.395 e. The first-order valence-electron chi connectivity index (χ1n) is 8.48. The average molecular weight is 342 g/mol. The van der Waals surface area contributed by atoms with Crippen molar-refractivity contribution in [2.45, 2.75) is 56.4 Å². The Labute approximate surface area is 143 Å². The zero-order valence-electron chi connectivity index (χ0n) is 13.0. The molecular formula is C18H25Cl2NO. The first-order valence-corrected chi connectivity index (χ1v) is 9.23. The number of nitrogens with zero attached hydrogens (tertiary/aromatic N) is 1. The molecule has 0 radical (unpaired) electrons. The average Bonchev–Trinajstić information content (AvgIpc) is 3.02. The van der Waals surface area contributed by atoms with Crippen LogP contribution >= 0.6 is 23.2 Å². The molecule has 1 aliphatic carbocycles. The molecule has 3 rings (SSSR count). The number of aliphatic hydroxyl groups is 1. The summed E-state index contributed by atoms with van der Waals surface area (Å²) in [6.07, 6.45) is 8.52. The zero-order chi connectivity index (χ0) is 15.6. The van der Waals surface area contributed by atoms with Crippen LogP contribution in [0.3, 0.4) is 0 Å². The van der Waals surface area contributed by atoms with Gasteiger partial charge in [-0.3, -0.25) is 4.90 Å². The molecule has 1 aromatic carbocycles. The van der Waals surface area contributed by atoms with Crippen LogP contribution in [-0.4, -0.2) is 35.7 Å². The molecule has 1 unspecified atom stereocenters. The molecular weight excluding hydrogens is 317 g/mol. The molecule has 0 aromatic heterocycles. The van der Waals surface area contributed by atoms with Crippen LogP contribution in [0.5, 0.6) is 0 Å². The molecule has 2 fully saturated rings. The number of piperidine rings is 1. The number of likely N-dealkylation sites (tertiary alicyclic amines) is 1. The second-order valence-electron chi connectivity index (χ2n) is 6.79. The summed E-state index contributed by atoms with van der Waals surface area (Å²) >= 11 is 12.4. The first-order chi connectivity index (χ1) is 10.7. The Morgan fingerprint density at radius 3 is 2.27 bits per heavy atom. The fourth-order valence-electron chi connectivity index (χ4n) is 4.50. The highest BCUT2D eigenvalue weighted by atomic mass is 35.5. The van der Waals surface area contributed by atoms with Crippen LogP contribution in [-0.2, 0) is 5.41 Å². The summed E-state index contributed by atoms with van der Waals surface area (Å²) in [4.78, 5) is 2.51. The van der Waals surface area contributed by atoms with Gasteiger partial charge in [0.15, 0.2) is 0 Å². The predicted molar refractivity (Wildman–Crippen MR) is 92.9 cm³/mol. The Morgan fingerprint density at radius 2 is 1.68 bits per heavy atom. The van der Waals surface area contributed by atoms with Gasteiger partial charge in [0.05, 0.1) is 16.7 Å². The molecule has 1 aromatic rings. The molecule has 2 nitrogen and oxygen atoms in total. The SMILES string of the molecule is OCC(N1CCCCC1)C1(c2ccc(Cl)c(Cl)c2)CCCC1. The van der Waals surface area contributed by atoms with Gasteiger partial charge in [0.1, 0.15) is 0 Å². The third kappa shape index (κ3) is 3.03. The number of rotatable bonds is 4. The minimum atomic E-state index is 0.0281. The normalized spacial score (nSPS) is 23.6. The highest BCUT2D eigenvalue weighted by Crippen LogP contribution is 2.47. The molecule has 0 amide bonds. The molecule has 2 aliphatic rings. The molecule has 0 bridgehead atoms. The van der Waals surface area contributed by atoms with Gasteiger partial charge < -0.3 is 5.11 Å². The van der Waals surface area contributed by atoms with Gasteiger partial charge in [0.2, 0.25) is 0 Å². The summed E-state index contributed by atoms with van der Waals surface area (Å²) in [5.41, 5.74) is 1.28. The molecule has 1 saturated carbocycles. The smallest absolute Gasteiger partial charge is 0.0595 e. The monoisotopic (exact) mass is 341 g/mol. The Bertz CT molecular complexity index is 508. The lowest BCUT2D eigenvalue weighted by Gasteiger charge is -2.45. The fourth-order valence-corrected chi connectivity index (χ4v) is 4.79. The van der Waals surface area contributed by atoms with E-state index in [0.29, 0.717) is 10.0 Å². The van der Waals surface area contributed by atoms with E-state index in [0.717, 1.165) is 25.9 Å². The molecule has 122 valence electrons. The lowest BCUT2D eigenvalue weighted by atomic mass is 9.72. The quantitative estimate of drug-likeness (QED) is 0.861. The van der Waals surface area contributed by atoms with Gasteiger partial charge in [-0.05, 0) is 56.5 Å². The lowest BCUT2D eigenvalue weighted by molar-refractivity contribution is 0.0486. The minimum absolute atomic E-state index is 0.0281. The van der Waals surface area contributed by atoms with E-state index < -0.39 is 0 Å².